The highest BCUT2D eigenvalue weighted by Crippen LogP contribution is 2.45. The molecule has 2 saturated heterocycles. The van der Waals surface area contributed by atoms with Crippen molar-refractivity contribution in [2.24, 2.45) is 11.8 Å². The highest BCUT2D eigenvalue weighted by molar-refractivity contribution is 9.09. The van der Waals surface area contributed by atoms with Crippen LogP contribution in [-0.4, -0.2) is 40.8 Å². The molecule has 0 aromatic rings. The number of alkyl halides is 1. The predicted molar refractivity (Wildman–Crippen MR) is 73.8 cm³/mol. The van der Waals surface area contributed by atoms with E-state index in [1.165, 1.54) is 4.90 Å². The molecular formula is C14H18BrNO3. The molecule has 3 rings (SSSR count). The van der Waals surface area contributed by atoms with Crippen molar-refractivity contribution in [2.45, 2.75) is 37.9 Å². The Labute approximate surface area is 121 Å². The van der Waals surface area contributed by atoms with E-state index in [0.29, 0.717) is 6.54 Å². The van der Waals surface area contributed by atoms with Crippen molar-refractivity contribution in [1.29, 1.82) is 0 Å². The van der Waals surface area contributed by atoms with Crippen LogP contribution in [0.4, 0.5) is 0 Å². The van der Waals surface area contributed by atoms with Gasteiger partial charge >= 0.3 is 0 Å². The van der Waals surface area contributed by atoms with Crippen molar-refractivity contribution in [3.63, 3.8) is 0 Å². The van der Waals surface area contributed by atoms with Crippen molar-refractivity contribution < 1.29 is 14.3 Å². The third kappa shape index (κ3) is 2.17. The number of imide groups is 1. The molecule has 4 unspecified atom stereocenters. The second-order valence-electron chi connectivity index (χ2n) is 5.43. The molecule has 19 heavy (non-hydrogen) atoms. The van der Waals surface area contributed by atoms with Crippen LogP contribution in [-0.2, 0) is 14.3 Å². The molecule has 0 spiro atoms. The second-order valence-corrected chi connectivity index (χ2v) is 6.23. The first-order valence-electron chi connectivity index (χ1n) is 6.99. The Kier molecular flexibility index (Phi) is 3.76. The summed E-state index contributed by atoms with van der Waals surface area (Å²) in [7, 11) is 0. The zero-order valence-electron chi connectivity index (χ0n) is 10.8. The van der Waals surface area contributed by atoms with Gasteiger partial charge in [-0.15, -0.1) is 0 Å². The first-order chi connectivity index (χ1) is 9.24. The molecule has 0 aliphatic carbocycles. The summed E-state index contributed by atoms with van der Waals surface area (Å²) in [5.41, 5.74) is 0. The summed E-state index contributed by atoms with van der Waals surface area (Å²) in [6, 6.07) is 0. The lowest BCUT2D eigenvalue weighted by molar-refractivity contribution is -0.142. The van der Waals surface area contributed by atoms with Gasteiger partial charge in [0.15, 0.2) is 0 Å². The van der Waals surface area contributed by atoms with Crippen molar-refractivity contribution in [3.8, 4) is 0 Å². The molecule has 3 heterocycles. The Bertz CT molecular complexity index is 393. The molecule has 0 aromatic carbocycles. The van der Waals surface area contributed by atoms with Crippen LogP contribution >= 0.6 is 15.9 Å². The molecule has 2 bridgehead atoms. The lowest BCUT2D eigenvalue weighted by Gasteiger charge is -2.17. The molecule has 0 N–H and O–H groups in total. The zero-order valence-corrected chi connectivity index (χ0v) is 12.3. The third-order valence-corrected chi connectivity index (χ3v) is 4.83. The molecule has 2 amide bonds. The molecule has 3 aliphatic rings. The van der Waals surface area contributed by atoms with Gasteiger partial charge in [0.1, 0.15) is 0 Å². The van der Waals surface area contributed by atoms with Gasteiger partial charge in [0.2, 0.25) is 11.8 Å². The Morgan fingerprint density at radius 1 is 1.00 bits per heavy atom. The number of fused-ring (bicyclic) bond motifs is 5. The largest absolute Gasteiger partial charge is 0.365 e. The van der Waals surface area contributed by atoms with E-state index in [2.05, 4.69) is 15.9 Å². The van der Waals surface area contributed by atoms with E-state index in [1.807, 2.05) is 12.2 Å². The topological polar surface area (TPSA) is 46.6 Å². The fourth-order valence-corrected chi connectivity index (χ4v) is 3.70. The number of rotatable bonds is 6. The lowest BCUT2D eigenvalue weighted by Crippen LogP contribution is -2.35. The number of nitrogens with zero attached hydrogens (tertiary/aromatic N) is 1. The first kappa shape index (κ1) is 13.3. The van der Waals surface area contributed by atoms with E-state index >= 15 is 0 Å². The number of likely N-dealkylation sites (tertiary alicyclic amines) is 1. The number of hydrogen-bond donors (Lipinski definition) is 0. The second kappa shape index (κ2) is 5.37. The minimum absolute atomic E-state index is 0.0210. The maximum atomic E-state index is 12.3. The van der Waals surface area contributed by atoms with E-state index in [9.17, 15) is 9.59 Å². The molecule has 5 heteroatoms. The van der Waals surface area contributed by atoms with E-state index in [-0.39, 0.29) is 35.9 Å². The number of carbonyl (C=O) groups excluding carboxylic acids is 2. The zero-order chi connectivity index (χ0) is 13.4. The standard InChI is InChI=1S/C14H18BrNO3/c15-7-3-1-2-4-8-16-13(17)11-9-5-6-10(19-9)12(11)14(16)18/h5-6,9-12H,1-4,7-8H2. The minimum Gasteiger partial charge on any atom is -0.365 e. The quantitative estimate of drug-likeness (QED) is 0.324. The van der Waals surface area contributed by atoms with Gasteiger partial charge in [0.05, 0.1) is 24.0 Å². The van der Waals surface area contributed by atoms with Crippen molar-refractivity contribution in [1.82, 2.24) is 4.90 Å². The van der Waals surface area contributed by atoms with Gasteiger partial charge in [-0.1, -0.05) is 40.9 Å². The monoisotopic (exact) mass is 327 g/mol. The molecule has 0 saturated carbocycles. The number of hydrogen-bond acceptors (Lipinski definition) is 3. The molecule has 104 valence electrons. The fourth-order valence-electron chi connectivity index (χ4n) is 3.30. The van der Waals surface area contributed by atoms with E-state index in [0.717, 1.165) is 31.0 Å². The van der Waals surface area contributed by atoms with Crippen molar-refractivity contribution in [2.75, 3.05) is 11.9 Å². The Balaban J connectivity index is 1.57. The lowest BCUT2D eigenvalue weighted by atomic mass is 9.85. The summed E-state index contributed by atoms with van der Waals surface area (Å²) in [5.74, 6) is -0.533. The number of ether oxygens (including phenoxy) is 1. The summed E-state index contributed by atoms with van der Waals surface area (Å²) < 4.78 is 5.60. The van der Waals surface area contributed by atoms with Crippen LogP contribution in [0.5, 0.6) is 0 Å². The average Bonchev–Trinajstić information content (AvgIpc) is 3.06. The Morgan fingerprint density at radius 3 is 2.16 bits per heavy atom. The highest BCUT2D eigenvalue weighted by Gasteiger charge is 2.60. The number of halogens is 1. The van der Waals surface area contributed by atoms with Crippen LogP contribution in [0.2, 0.25) is 0 Å². The van der Waals surface area contributed by atoms with Gasteiger partial charge < -0.3 is 4.74 Å². The molecule has 0 radical (unpaired) electrons. The molecule has 3 aliphatic heterocycles. The predicted octanol–water partition coefficient (Wildman–Crippen LogP) is 1.88. The maximum Gasteiger partial charge on any atom is 0.236 e. The normalized spacial score (nSPS) is 35.5. The first-order valence-corrected chi connectivity index (χ1v) is 8.11. The minimum atomic E-state index is -0.245. The SMILES string of the molecule is O=C1C2C3C=CC(O3)C2C(=O)N1CCCCCCBr. The van der Waals surface area contributed by atoms with Crippen LogP contribution in [0.15, 0.2) is 12.2 Å². The van der Waals surface area contributed by atoms with Gasteiger partial charge in [-0.3, -0.25) is 14.5 Å². The summed E-state index contributed by atoms with van der Waals surface area (Å²) in [6.45, 7) is 0.576. The number of amides is 2. The van der Waals surface area contributed by atoms with Crippen LogP contribution in [0.3, 0.4) is 0 Å². The molecule has 0 aromatic heterocycles. The Hall–Kier alpha value is -0.680. The van der Waals surface area contributed by atoms with Crippen LogP contribution in [0.1, 0.15) is 25.7 Å². The van der Waals surface area contributed by atoms with Gasteiger partial charge in [-0.05, 0) is 12.8 Å². The third-order valence-electron chi connectivity index (χ3n) is 4.27. The molecule has 4 nitrogen and oxygen atoms in total. The highest BCUT2D eigenvalue weighted by atomic mass is 79.9. The molecule has 4 atom stereocenters. The van der Waals surface area contributed by atoms with Gasteiger partial charge in [-0.25, -0.2) is 0 Å². The number of unbranched alkanes of at least 4 members (excludes halogenated alkanes) is 3. The van der Waals surface area contributed by atoms with E-state index < -0.39 is 0 Å². The van der Waals surface area contributed by atoms with E-state index in [4.69, 9.17) is 4.74 Å². The molecule has 2 fully saturated rings. The fraction of sp³-hybridized carbons (Fsp3) is 0.714. The average molecular weight is 328 g/mol. The van der Waals surface area contributed by atoms with Gasteiger partial charge in [0, 0.05) is 11.9 Å². The van der Waals surface area contributed by atoms with Gasteiger partial charge in [-0.2, -0.15) is 0 Å². The molecular weight excluding hydrogens is 310 g/mol. The number of carbonyl (C=O) groups is 2. The van der Waals surface area contributed by atoms with E-state index in [1.54, 1.807) is 0 Å². The van der Waals surface area contributed by atoms with Gasteiger partial charge in [0.25, 0.3) is 0 Å². The van der Waals surface area contributed by atoms with Crippen LogP contribution < -0.4 is 0 Å². The summed E-state index contributed by atoms with van der Waals surface area (Å²) in [5, 5.41) is 1.02. The van der Waals surface area contributed by atoms with Crippen LogP contribution in [0, 0.1) is 11.8 Å². The Morgan fingerprint density at radius 2 is 1.58 bits per heavy atom. The summed E-state index contributed by atoms with van der Waals surface area (Å²) in [6.07, 6.45) is 7.80. The summed E-state index contributed by atoms with van der Waals surface area (Å²) in [4.78, 5) is 26.1. The van der Waals surface area contributed by atoms with Crippen molar-refractivity contribution in [3.05, 3.63) is 12.2 Å². The smallest absolute Gasteiger partial charge is 0.236 e. The van der Waals surface area contributed by atoms with Crippen molar-refractivity contribution >= 4 is 27.7 Å². The van der Waals surface area contributed by atoms with Crippen LogP contribution in [0.25, 0.3) is 0 Å². The maximum absolute atomic E-state index is 12.3. The summed E-state index contributed by atoms with van der Waals surface area (Å²) >= 11 is 3.40.